The summed E-state index contributed by atoms with van der Waals surface area (Å²) in [6, 6.07) is 9.90. The van der Waals surface area contributed by atoms with Gasteiger partial charge in [-0.3, -0.25) is 5.10 Å². The molecule has 2 rings (SSSR count). The monoisotopic (exact) mass is 189 g/mol. The summed E-state index contributed by atoms with van der Waals surface area (Å²) in [6.45, 7) is 5.89. The molecule has 0 unspecified atom stereocenters. The first kappa shape index (κ1) is 10.4. The standard InChI is InChI=1S/C9H9N3.C2H6/c1-7-10-9(12-11-7)8-5-3-2-4-6-8;1-2/h2-6H,1H3,(H,10,11,12);1-2H3. The number of aromatic amines is 1. The zero-order chi connectivity index (χ0) is 10.4. The number of rotatable bonds is 1. The molecule has 0 bridgehead atoms. The molecule has 1 N–H and O–H groups in total. The van der Waals surface area contributed by atoms with E-state index in [0.717, 1.165) is 17.2 Å². The summed E-state index contributed by atoms with van der Waals surface area (Å²) in [4.78, 5) is 4.21. The summed E-state index contributed by atoms with van der Waals surface area (Å²) < 4.78 is 0. The minimum absolute atomic E-state index is 0.758. The van der Waals surface area contributed by atoms with Crippen LogP contribution in [-0.2, 0) is 0 Å². The highest BCUT2D eigenvalue weighted by molar-refractivity contribution is 5.53. The fourth-order valence-electron chi connectivity index (χ4n) is 1.06. The molecule has 3 nitrogen and oxygen atoms in total. The largest absolute Gasteiger partial charge is 0.263 e. The van der Waals surface area contributed by atoms with E-state index in [4.69, 9.17) is 0 Å². The van der Waals surface area contributed by atoms with E-state index in [1.165, 1.54) is 0 Å². The average molecular weight is 189 g/mol. The lowest BCUT2D eigenvalue weighted by Gasteiger charge is -1.90. The van der Waals surface area contributed by atoms with Crippen LogP contribution in [0.15, 0.2) is 30.3 Å². The SMILES string of the molecule is CC.Cc1nc(-c2ccccc2)n[nH]1. The Hall–Kier alpha value is -1.64. The van der Waals surface area contributed by atoms with Crippen molar-refractivity contribution < 1.29 is 0 Å². The average Bonchev–Trinajstić information content (AvgIpc) is 2.69. The number of benzene rings is 1. The smallest absolute Gasteiger partial charge is 0.181 e. The second-order valence-electron chi connectivity index (χ2n) is 2.61. The Morgan fingerprint density at radius 2 is 1.71 bits per heavy atom. The molecule has 2 aromatic rings. The zero-order valence-corrected chi connectivity index (χ0v) is 8.78. The molecule has 0 saturated heterocycles. The molecule has 0 saturated carbocycles. The van der Waals surface area contributed by atoms with Crippen molar-refractivity contribution in [2.24, 2.45) is 0 Å². The second-order valence-corrected chi connectivity index (χ2v) is 2.61. The van der Waals surface area contributed by atoms with Gasteiger partial charge in [0.05, 0.1) is 0 Å². The lowest BCUT2D eigenvalue weighted by Crippen LogP contribution is -1.78. The number of H-pyrrole nitrogens is 1. The van der Waals surface area contributed by atoms with Crippen LogP contribution in [0.2, 0.25) is 0 Å². The Bertz CT molecular complexity index is 365. The number of aromatic nitrogens is 3. The zero-order valence-electron chi connectivity index (χ0n) is 8.78. The van der Waals surface area contributed by atoms with E-state index in [1.54, 1.807) is 0 Å². The van der Waals surface area contributed by atoms with Crippen LogP contribution >= 0.6 is 0 Å². The van der Waals surface area contributed by atoms with Crippen LogP contribution in [0.4, 0.5) is 0 Å². The van der Waals surface area contributed by atoms with E-state index >= 15 is 0 Å². The number of nitrogens with one attached hydrogen (secondary N) is 1. The molecular formula is C11H15N3. The predicted octanol–water partition coefficient (Wildman–Crippen LogP) is 2.81. The van der Waals surface area contributed by atoms with Crippen molar-refractivity contribution >= 4 is 0 Å². The van der Waals surface area contributed by atoms with Gasteiger partial charge in [0.1, 0.15) is 5.82 Å². The van der Waals surface area contributed by atoms with Gasteiger partial charge in [-0.25, -0.2) is 4.98 Å². The third kappa shape index (κ3) is 2.42. The van der Waals surface area contributed by atoms with Crippen molar-refractivity contribution in [3.8, 4) is 11.4 Å². The fourth-order valence-corrected chi connectivity index (χ4v) is 1.06. The summed E-state index contributed by atoms with van der Waals surface area (Å²) in [5.41, 5.74) is 1.04. The minimum Gasteiger partial charge on any atom is -0.263 e. The summed E-state index contributed by atoms with van der Waals surface area (Å²) in [5.74, 6) is 1.60. The van der Waals surface area contributed by atoms with Crippen LogP contribution in [0.25, 0.3) is 11.4 Å². The quantitative estimate of drug-likeness (QED) is 0.749. The summed E-state index contributed by atoms with van der Waals surface area (Å²) in [6.07, 6.45) is 0. The Morgan fingerprint density at radius 1 is 1.07 bits per heavy atom. The van der Waals surface area contributed by atoms with E-state index < -0.39 is 0 Å². The highest BCUT2D eigenvalue weighted by Gasteiger charge is 2.00. The van der Waals surface area contributed by atoms with Gasteiger partial charge < -0.3 is 0 Å². The van der Waals surface area contributed by atoms with Gasteiger partial charge in [0, 0.05) is 5.56 Å². The molecule has 0 amide bonds. The van der Waals surface area contributed by atoms with Crippen LogP contribution < -0.4 is 0 Å². The first-order valence-corrected chi connectivity index (χ1v) is 4.81. The van der Waals surface area contributed by atoms with Crippen LogP contribution in [0.5, 0.6) is 0 Å². The molecule has 1 aromatic carbocycles. The molecule has 1 heterocycles. The van der Waals surface area contributed by atoms with Gasteiger partial charge in [-0.1, -0.05) is 44.2 Å². The van der Waals surface area contributed by atoms with Crippen molar-refractivity contribution in [2.75, 3.05) is 0 Å². The van der Waals surface area contributed by atoms with Crippen molar-refractivity contribution in [1.29, 1.82) is 0 Å². The number of nitrogens with zero attached hydrogens (tertiary/aromatic N) is 2. The van der Waals surface area contributed by atoms with Gasteiger partial charge in [-0.05, 0) is 6.92 Å². The molecule has 0 atom stereocenters. The minimum atomic E-state index is 0.758. The highest BCUT2D eigenvalue weighted by Crippen LogP contribution is 2.12. The molecule has 74 valence electrons. The van der Waals surface area contributed by atoms with Gasteiger partial charge in [0.25, 0.3) is 0 Å². The molecule has 0 aliphatic heterocycles. The molecule has 1 aromatic heterocycles. The van der Waals surface area contributed by atoms with E-state index in [2.05, 4.69) is 15.2 Å². The molecule has 0 aliphatic carbocycles. The lowest BCUT2D eigenvalue weighted by molar-refractivity contribution is 1.04. The molecule has 14 heavy (non-hydrogen) atoms. The summed E-state index contributed by atoms with van der Waals surface area (Å²) in [5, 5.41) is 6.86. The maximum absolute atomic E-state index is 4.21. The lowest BCUT2D eigenvalue weighted by atomic mass is 10.2. The van der Waals surface area contributed by atoms with Gasteiger partial charge in [-0.15, -0.1) is 0 Å². The fraction of sp³-hybridized carbons (Fsp3) is 0.273. The van der Waals surface area contributed by atoms with Crippen molar-refractivity contribution in [3.63, 3.8) is 0 Å². The third-order valence-electron chi connectivity index (χ3n) is 1.63. The topological polar surface area (TPSA) is 41.6 Å². The Morgan fingerprint density at radius 3 is 2.21 bits per heavy atom. The van der Waals surface area contributed by atoms with Crippen LogP contribution in [0.3, 0.4) is 0 Å². The van der Waals surface area contributed by atoms with Gasteiger partial charge >= 0.3 is 0 Å². The van der Waals surface area contributed by atoms with E-state index in [1.807, 2.05) is 51.1 Å². The maximum Gasteiger partial charge on any atom is 0.181 e. The summed E-state index contributed by atoms with van der Waals surface area (Å²) >= 11 is 0. The second kappa shape index (κ2) is 5.17. The normalized spacial score (nSPS) is 9.07. The molecule has 0 radical (unpaired) electrons. The van der Waals surface area contributed by atoms with Crippen molar-refractivity contribution in [1.82, 2.24) is 15.2 Å². The van der Waals surface area contributed by atoms with Crippen LogP contribution in [0, 0.1) is 6.92 Å². The first-order chi connectivity index (χ1) is 6.86. The number of hydrogen-bond acceptors (Lipinski definition) is 2. The number of aryl methyl sites for hydroxylation is 1. The highest BCUT2D eigenvalue weighted by atomic mass is 15.2. The Balaban J connectivity index is 0.000000461. The third-order valence-corrected chi connectivity index (χ3v) is 1.63. The Kier molecular flexibility index (Phi) is 3.85. The molecule has 0 fully saturated rings. The van der Waals surface area contributed by atoms with E-state index in [0.29, 0.717) is 0 Å². The van der Waals surface area contributed by atoms with Gasteiger partial charge in [0.15, 0.2) is 5.82 Å². The molecular weight excluding hydrogens is 174 g/mol. The van der Waals surface area contributed by atoms with E-state index in [9.17, 15) is 0 Å². The van der Waals surface area contributed by atoms with Crippen LogP contribution in [-0.4, -0.2) is 15.2 Å². The Labute approximate surface area is 84.2 Å². The molecule has 3 heteroatoms. The predicted molar refractivity (Wildman–Crippen MR) is 57.9 cm³/mol. The summed E-state index contributed by atoms with van der Waals surface area (Å²) in [7, 11) is 0. The first-order valence-electron chi connectivity index (χ1n) is 4.81. The molecule has 0 spiro atoms. The van der Waals surface area contributed by atoms with E-state index in [-0.39, 0.29) is 0 Å². The maximum atomic E-state index is 4.21. The van der Waals surface area contributed by atoms with Crippen molar-refractivity contribution in [2.45, 2.75) is 20.8 Å². The molecule has 0 aliphatic rings. The van der Waals surface area contributed by atoms with Gasteiger partial charge in [0.2, 0.25) is 0 Å². The van der Waals surface area contributed by atoms with Crippen molar-refractivity contribution in [3.05, 3.63) is 36.2 Å². The van der Waals surface area contributed by atoms with Crippen LogP contribution in [0.1, 0.15) is 19.7 Å². The van der Waals surface area contributed by atoms with Gasteiger partial charge in [-0.2, -0.15) is 5.10 Å². The number of hydrogen-bond donors (Lipinski definition) is 1.